The van der Waals surface area contributed by atoms with Gasteiger partial charge in [-0.2, -0.15) is 0 Å². The van der Waals surface area contributed by atoms with E-state index in [1.54, 1.807) is 24.3 Å². The van der Waals surface area contributed by atoms with E-state index in [1.807, 2.05) is 18.2 Å². The van der Waals surface area contributed by atoms with E-state index in [2.05, 4.69) is 15.3 Å². The van der Waals surface area contributed by atoms with Gasteiger partial charge >= 0.3 is 0 Å². The first-order chi connectivity index (χ1) is 10.1. The third kappa shape index (κ3) is 2.78. The zero-order valence-corrected chi connectivity index (χ0v) is 11.6. The first-order valence-corrected chi connectivity index (χ1v) is 6.59. The molecular weight excluding hydrogens is 288 g/mol. The van der Waals surface area contributed by atoms with E-state index in [4.69, 9.17) is 17.3 Å². The van der Waals surface area contributed by atoms with E-state index in [9.17, 15) is 4.79 Å². The van der Waals surface area contributed by atoms with Gasteiger partial charge in [-0.25, -0.2) is 9.97 Å². The van der Waals surface area contributed by atoms with Gasteiger partial charge in [0.15, 0.2) is 0 Å². The van der Waals surface area contributed by atoms with Crippen LogP contribution in [-0.4, -0.2) is 15.9 Å². The number of benzene rings is 1. The number of nitrogens with two attached hydrogens (primary N) is 1. The van der Waals surface area contributed by atoms with Gasteiger partial charge < -0.3 is 11.1 Å². The number of anilines is 2. The molecule has 0 saturated heterocycles. The lowest BCUT2D eigenvalue weighted by molar-refractivity contribution is 0.102. The molecule has 2 aromatic heterocycles. The Balaban J connectivity index is 1.94. The van der Waals surface area contributed by atoms with Crippen LogP contribution in [0.4, 0.5) is 11.5 Å². The van der Waals surface area contributed by atoms with Crippen molar-refractivity contribution in [2.45, 2.75) is 0 Å². The minimum absolute atomic E-state index is 0.230. The third-order valence-electron chi connectivity index (χ3n) is 2.94. The van der Waals surface area contributed by atoms with E-state index in [0.29, 0.717) is 22.0 Å². The summed E-state index contributed by atoms with van der Waals surface area (Å²) in [5.74, 6) is -0.0248. The molecule has 0 aliphatic heterocycles. The lowest BCUT2D eigenvalue weighted by atomic mass is 10.1. The molecule has 0 saturated carbocycles. The molecule has 0 aliphatic rings. The van der Waals surface area contributed by atoms with E-state index < -0.39 is 0 Å². The number of fused-ring (bicyclic) bond motifs is 1. The topological polar surface area (TPSA) is 80.9 Å². The number of hydrogen-bond acceptors (Lipinski definition) is 4. The number of carbonyl (C=O) groups excluding carboxylic acids is 1. The molecule has 3 aromatic rings. The fourth-order valence-corrected chi connectivity index (χ4v) is 2.13. The van der Waals surface area contributed by atoms with Gasteiger partial charge in [-0.1, -0.05) is 29.8 Å². The van der Waals surface area contributed by atoms with Crippen LogP contribution in [0.15, 0.2) is 48.7 Å². The molecule has 1 amide bonds. The van der Waals surface area contributed by atoms with Crippen LogP contribution in [0, 0.1) is 0 Å². The second kappa shape index (κ2) is 5.38. The lowest BCUT2D eigenvalue weighted by Crippen LogP contribution is -2.15. The van der Waals surface area contributed by atoms with Crippen molar-refractivity contribution in [3.63, 3.8) is 0 Å². The first-order valence-electron chi connectivity index (χ1n) is 6.21. The number of nitrogens with zero attached hydrogens (tertiary/aromatic N) is 2. The molecule has 6 heteroatoms. The van der Waals surface area contributed by atoms with Gasteiger partial charge in [-0.15, -0.1) is 0 Å². The largest absolute Gasteiger partial charge is 0.398 e. The van der Waals surface area contributed by atoms with Crippen LogP contribution in [0.3, 0.4) is 0 Å². The van der Waals surface area contributed by atoms with Gasteiger partial charge in [0.25, 0.3) is 5.91 Å². The summed E-state index contributed by atoms with van der Waals surface area (Å²) in [7, 11) is 0. The number of rotatable bonds is 2. The zero-order chi connectivity index (χ0) is 14.8. The first kappa shape index (κ1) is 13.3. The van der Waals surface area contributed by atoms with Gasteiger partial charge in [0, 0.05) is 22.3 Å². The molecule has 5 nitrogen and oxygen atoms in total. The Morgan fingerprint density at radius 2 is 2.00 bits per heavy atom. The van der Waals surface area contributed by atoms with Crippen LogP contribution in [-0.2, 0) is 0 Å². The number of amides is 1. The second-order valence-corrected chi connectivity index (χ2v) is 4.86. The molecule has 0 fully saturated rings. The summed E-state index contributed by atoms with van der Waals surface area (Å²) < 4.78 is 0. The van der Waals surface area contributed by atoms with Crippen molar-refractivity contribution in [2.75, 3.05) is 11.1 Å². The molecular formula is C15H11ClN4O. The van der Waals surface area contributed by atoms with E-state index in [0.717, 1.165) is 5.39 Å². The van der Waals surface area contributed by atoms with Gasteiger partial charge in [-0.3, -0.25) is 4.79 Å². The molecule has 2 heterocycles. The third-order valence-corrected chi connectivity index (χ3v) is 3.18. The minimum atomic E-state index is -0.387. The monoisotopic (exact) mass is 298 g/mol. The maximum atomic E-state index is 12.2. The standard InChI is InChI=1S/C15H11ClN4O/c16-9-5-6-18-14(7-9)20-15(21)13-8-11(17)10-3-1-2-4-12(10)19-13/h1-8H,(H2,17,19)(H,18,20,21). The maximum Gasteiger partial charge on any atom is 0.275 e. The fourth-order valence-electron chi connectivity index (χ4n) is 1.97. The average Bonchev–Trinajstić information content (AvgIpc) is 2.47. The predicted molar refractivity (Wildman–Crippen MR) is 83.4 cm³/mol. The van der Waals surface area contributed by atoms with Crippen molar-refractivity contribution in [1.29, 1.82) is 0 Å². The number of nitrogen functional groups attached to an aromatic ring is 1. The molecule has 0 bridgehead atoms. The van der Waals surface area contributed by atoms with Gasteiger partial charge in [0.2, 0.25) is 0 Å². The molecule has 1 aromatic carbocycles. The van der Waals surface area contributed by atoms with Crippen molar-refractivity contribution < 1.29 is 4.79 Å². The minimum Gasteiger partial charge on any atom is -0.398 e. The fraction of sp³-hybridized carbons (Fsp3) is 0. The van der Waals surface area contributed by atoms with Crippen molar-refractivity contribution in [2.24, 2.45) is 0 Å². The summed E-state index contributed by atoms with van der Waals surface area (Å²) in [5.41, 5.74) is 7.36. The Labute approximate surface area is 125 Å². The lowest BCUT2D eigenvalue weighted by Gasteiger charge is -2.07. The number of nitrogens with one attached hydrogen (secondary N) is 1. The van der Waals surface area contributed by atoms with Crippen molar-refractivity contribution >= 4 is 39.9 Å². The number of hydrogen-bond donors (Lipinski definition) is 2. The highest BCUT2D eigenvalue weighted by Crippen LogP contribution is 2.20. The molecule has 0 spiro atoms. The summed E-state index contributed by atoms with van der Waals surface area (Å²) >= 11 is 5.85. The van der Waals surface area contributed by atoms with Crippen LogP contribution in [0.2, 0.25) is 5.02 Å². The second-order valence-electron chi connectivity index (χ2n) is 4.43. The van der Waals surface area contributed by atoms with Crippen LogP contribution in [0.5, 0.6) is 0 Å². The van der Waals surface area contributed by atoms with E-state index >= 15 is 0 Å². The molecule has 104 valence electrons. The number of carbonyl (C=O) groups is 1. The normalized spacial score (nSPS) is 10.5. The Bertz CT molecular complexity index is 835. The SMILES string of the molecule is Nc1cc(C(=O)Nc2cc(Cl)ccn2)nc2ccccc12. The Kier molecular flexibility index (Phi) is 3.41. The molecule has 3 N–H and O–H groups in total. The van der Waals surface area contributed by atoms with Crippen LogP contribution in [0.1, 0.15) is 10.5 Å². The van der Waals surface area contributed by atoms with Crippen molar-refractivity contribution in [3.8, 4) is 0 Å². The van der Waals surface area contributed by atoms with Gasteiger partial charge in [0.1, 0.15) is 11.5 Å². The molecule has 0 radical (unpaired) electrons. The molecule has 0 atom stereocenters. The number of pyridine rings is 2. The smallest absolute Gasteiger partial charge is 0.275 e. The quantitative estimate of drug-likeness (QED) is 0.761. The zero-order valence-electron chi connectivity index (χ0n) is 10.9. The molecule has 3 rings (SSSR count). The summed E-state index contributed by atoms with van der Waals surface area (Å²) in [5, 5.41) is 3.95. The highest BCUT2D eigenvalue weighted by molar-refractivity contribution is 6.30. The number of para-hydroxylation sites is 1. The van der Waals surface area contributed by atoms with Crippen molar-refractivity contribution in [3.05, 3.63) is 59.4 Å². The molecule has 0 unspecified atom stereocenters. The summed E-state index contributed by atoms with van der Waals surface area (Å²) in [6, 6.07) is 12.1. The number of aromatic nitrogens is 2. The summed E-state index contributed by atoms with van der Waals surface area (Å²) in [6.07, 6.45) is 1.51. The van der Waals surface area contributed by atoms with Crippen LogP contribution >= 0.6 is 11.6 Å². The number of halogens is 1. The highest BCUT2D eigenvalue weighted by atomic mass is 35.5. The molecule has 0 aliphatic carbocycles. The average molecular weight is 299 g/mol. The van der Waals surface area contributed by atoms with E-state index in [1.165, 1.54) is 6.20 Å². The van der Waals surface area contributed by atoms with Gasteiger partial charge in [0.05, 0.1) is 5.52 Å². The maximum absolute atomic E-state index is 12.2. The van der Waals surface area contributed by atoms with Crippen LogP contribution in [0.25, 0.3) is 10.9 Å². The predicted octanol–water partition coefficient (Wildman–Crippen LogP) is 3.12. The Morgan fingerprint density at radius 3 is 2.81 bits per heavy atom. The Hall–Kier alpha value is -2.66. The Morgan fingerprint density at radius 1 is 1.19 bits per heavy atom. The van der Waals surface area contributed by atoms with Crippen molar-refractivity contribution in [1.82, 2.24) is 9.97 Å². The summed E-state index contributed by atoms with van der Waals surface area (Å²) in [4.78, 5) is 20.5. The molecule has 21 heavy (non-hydrogen) atoms. The highest BCUT2D eigenvalue weighted by Gasteiger charge is 2.11. The van der Waals surface area contributed by atoms with Crippen LogP contribution < -0.4 is 11.1 Å². The summed E-state index contributed by atoms with van der Waals surface area (Å²) in [6.45, 7) is 0. The van der Waals surface area contributed by atoms with Gasteiger partial charge in [-0.05, 0) is 24.3 Å². The van der Waals surface area contributed by atoms with E-state index in [-0.39, 0.29) is 11.6 Å².